The van der Waals surface area contributed by atoms with Crippen LogP contribution in [0.4, 0.5) is 28.8 Å². The molecule has 4 saturated heterocycles. The highest BCUT2D eigenvalue weighted by molar-refractivity contribution is 7.23. The van der Waals surface area contributed by atoms with Gasteiger partial charge in [0.15, 0.2) is 5.82 Å². The van der Waals surface area contributed by atoms with E-state index in [9.17, 15) is 18.8 Å². The molecule has 1 spiro atoms. The minimum absolute atomic E-state index is 0.00393. The number of hydrogen-bond acceptors (Lipinski definition) is 11. The predicted octanol–water partition coefficient (Wildman–Crippen LogP) is 6.47. The summed E-state index contributed by atoms with van der Waals surface area (Å²) in [4.78, 5) is 28.9. The summed E-state index contributed by atoms with van der Waals surface area (Å²) < 4.78 is 54.5. The van der Waals surface area contributed by atoms with Crippen molar-refractivity contribution in [3.8, 4) is 23.2 Å². The van der Waals surface area contributed by atoms with Gasteiger partial charge in [0, 0.05) is 48.9 Å². The number of nitriles is 1. The Morgan fingerprint density at radius 1 is 1.19 bits per heavy atom. The number of fused-ring (bicyclic) bond motifs is 3. The molecule has 2 aromatic carbocycles. The van der Waals surface area contributed by atoms with Crippen molar-refractivity contribution in [1.29, 1.82) is 5.26 Å². The molecule has 274 valence electrons. The number of thiophene rings is 1. The first kappa shape index (κ1) is 34.1. The lowest BCUT2D eigenvalue weighted by atomic mass is 9.78. The normalized spacial score (nSPS) is 24.3. The molecular formula is C36H34ClF3N10O2S. The molecule has 4 aliphatic rings. The molecule has 0 radical (unpaired) electrons. The van der Waals surface area contributed by atoms with Gasteiger partial charge in [-0.15, -0.1) is 16.4 Å². The maximum absolute atomic E-state index is 17.2. The van der Waals surface area contributed by atoms with E-state index in [0.717, 1.165) is 50.0 Å². The first-order chi connectivity index (χ1) is 25.5. The number of nitrogen functional groups attached to an aromatic ring is 1. The van der Waals surface area contributed by atoms with Gasteiger partial charge in [-0.2, -0.15) is 19.9 Å². The van der Waals surface area contributed by atoms with Crippen molar-refractivity contribution in [3.05, 3.63) is 52.3 Å². The third-order valence-corrected chi connectivity index (χ3v) is 12.9. The molecule has 3 atom stereocenters. The molecule has 5 aromatic rings. The number of alkyl halides is 1. The molecule has 12 nitrogen and oxygen atoms in total. The van der Waals surface area contributed by atoms with Crippen LogP contribution in [0.3, 0.4) is 0 Å². The number of piperidine rings is 1. The van der Waals surface area contributed by atoms with E-state index in [-0.39, 0.29) is 61.0 Å². The fourth-order valence-corrected chi connectivity index (χ4v) is 10.2. The molecule has 17 heteroatoms. The van der Waals surface area contributed by atoms with Gasteiger partial charge < -0.3 is 20.3 Å². The van der Waals surface area contributed by atoms with Crippen LogP contribution in [0.15, 0.2) is 24.4 Å². The van der Waals surface area contributed by atoms with E-state index in [2.05, 4.69) is 20.2 Å². The van der Waals surface area contributed by atoms with Gasteiger partial charge in [0.1, 0.15) is 41.0 Å². The Kier molecular flexibility index (Phi) is 7.99. The number of carbonyl (C=O) groups is 1. The molecule has 3 aromatic heterocycles. The van der Waals surface area contributed by atoms with E-state index in [4.69, 9.17) is 27.1 Å². The first-order valence-electron chi connectivity index (χ1n) is 17.6. The van der Waals surface area contributed by atoms with Gasteiger partial charge in [-0.1, -0.05) is 22.9 Å². The van der Waals surface area contributed by atoms with Crippen LogP contribution in [0, 0.1) is 29.9 Å². The summed E-state index contributed by atoms with van der Waals surface area (Å²) in [5.41, 5.74) is 5.78. The number of anilines is 2. The maximum Gasteiger partial charge on any atom is 0.346 e. The minimum atomic E-state index is -0.967. The third kappa shape index (κ3) is 5.30. The zero-order valence-electron chi connectivity index (χ0n) is 28.7. The number of hydrogen-bond donors (Lipinski definition) is 1. The second kappa shape index (κ2) is 12.4. The largest absolute Gasteiger partial charge is 0.461 e. The number of nitrogens with two attached hydrogens (primary N) is 1. The van der Waals surface area contributed by atoms with Crippen molar-refractivity contribution in [1.82, 2.24) is 34.8 Å². The number of ether oxygens (including phenoxy) is 1. The van der Waals surface area contributed by atoms with Gasteiger partial charge in [0.05, 0.1) is 38.3 Å². The molecule has 0 aliphatic carbocycles. The molecule has 4 aliphatic heterocycles. The molecular weight excluding hydrogens is 729 g/mol. The second-order valence-electron chi connectivity index (χ2n) is 14.6. The first-order valence-corrected chi connectivity index (χ1v) is 18.8. The van der Waals surface area contributed by atoms with Crippen LogP contribution in [0.25, 0.3) is 32.1 Å². The van der Waals surface area contributed by atoms with Gasteiger partial charge >= 0.3 is 12.0 Å². The van der Waals surface area contributed by atoms with Crippen LogP contribution in [0.1, 0.15) is 49.8 Å². The number of benzene rings is 2. The smallest absolute Gasteiger partial charge is 0.346 e. The lowest BCUT2D eigenvalue weighted by Crippen LogP contribution is -2.69. The SMILES string of the molecule is Cc1cn(C(=O)N2CC[C@@]23CCCN(c2nc(OC[C@@]45CCCN4C[C@H](F)C5)nc4c(F)c(-c5ccc(F)c6sc(N)c(C#N)c56)c(Cl)cc24)C3)nn1. The Bertz CT molecular complexity index is 2380. The van der Waals surface area contributed by atoms with Crippen molar-refractivity contribution in [3.63, 3.8) is 0 Å². The Hall–Kier alpha value is -4.72. The number of aryl methyl sites for hydroxylation is 1. The molecule has 53 heavy (non-hydrogen) atoms. The molecule has 7 heterocycles. The van der Waals surface area contributed by atoms with Gasteiger partial charge in [-0.25, -0.2) is 18.0 Å². The van der Waals surface area contributed by atoms with Crippen molar-refractivity contribution >= 4 is 60.8 Å². The Balaban J connectivity index is 1.16. The van der Waals surface area contributed by atoms with Crippen molar-refractivity contribution in [2.45, 2.75) is 62.7 Å². The highest BCUT2D eigenvalue weighted by Crippen LogP contribution is 2.47. The van der Waals surface area contributed by atoms with Crippen LogP contribution in [0.5, 0.6) is 6.01 Å². The van der Waals surface area contributed by atoms with E-state index in [0.29, 0.717) is 49.5 Å². The summed E-state index contributed by atoms with van der Waals surface area (Å²) in [5, 5.41) is 18.5. The Labute approximate surface area is 310 Å². The quantitative estimate of drug-likeness (QED) is 0.212. The number of carbonyl (C=O) groups excluding carboxylic acids is 1. The number of amides is 1. The number of halogens is 4. The number of aromatic nitrogens is 5. The van der Waals surface area contributed by atoms with Crippen LogP contribution < -0.4 is 15.4 Å². The summed E-state index contributed by atoms with van der Waals surface area (Å²) in [6.07, 6.45) is 4.86. The molecule has 2 N–H and O–H groups in total. The van der Waals surface area contributed by atoms with Crippen molar-refractivity contribution in [2.75, 3.05) is 50.0 Å². The number of rotatable bonds is 5. The predicted molar refractivity (Wildman–Crippen MR) is 194 cm³/mol. The zero-order chi connectivity index (χ0) is 36.8. The van der Waals surface area contributed by atoms with Crippen LogP contribution >= 0.6 is 22.9 Å². The average Bonchev–Trinajstić information content (AvgIpc) is 3.90. The minimum Gasteiger partial charge on any atom is -0.461 e. The van der Waals surface area contributed by atoms with Crippen molar-refractivity contribution < 1.29 is 22.7 Å². The van der Waals surface area contributed by atoms with E-state index in [1.165, 1.54) is 16.8 Å². The van der Waals surface area contributed by atoms with Gasteiger partial charge in [0.2, 0.25) is 0 Å². The van der Waals surface area contributed by atoms with Crippen LogP contribution in [-0.4, -0.2) is 97.4 Å². The highest BCUT2D eigenvalue weighted by atomic mass is 35.5. The maximum atomic E-state index is 17.2. The standard InChI is InChI=1S/C36H34ClF3N10O2S/c1-19-15-50(46-45-19)34(51)49-11-8-35(49)6-2-9-47(17-35)32-22-12-24(37)27(21-4-5-25(39)30-26(21)23(14-41)31(42)53-30)28(40)29(22)43-33(44-32)52-18-36-7-3-10-48(36)16-20(38)13-36/h4-5,12,15,20H,2-3,6-11,13,16-18,42H2,1H3/t20-,35-,36+/m1/s1. The lowest BCUT2D eigenvalue weighted by molar-refractivity contribution is 0.0116. The topological polar surface area (TPSA) is 142 Å². The molecule has 4 fully saturated rings. The van der Waals surface area contributed by atoms with E-state index in [1.807, 2.05) is 11.0 Å². The molecule has 1 amide bonds. The summed E-state index contributed by atoms with van der Waals surface area (Å²) in [6.45, 7) is 4.51. The van der Waals surface area contributed by atoms with E-state index < -0.39 is 28.9 Å². The van der Waals surface area contributed by atoms with E-state index >= 15 is 4.39 Å². The van der Waals surface area contributed by atoms with Gasteiger partial charge in [0.25, 0.3) is 0 Å². The van der Waals surface area contributed by atoms with E-state index in [1.54, 1.807) is 24.1 Å². The van der Waals surface area contributed by atoms with Crippen LogP contribution in [-0.2, 0) is 0 Å². The summed E-state index contributed by atoms with van der Waals surface area (Å²) in [6, 6.07) is 5.84. The fourth-order valence-electron chi connectivity index (χ4n) is 8.99. The monoisotopic (exact) mass is 762 g/mol. The molecule has 0 unspecified atom stereocenters. The van der Waals surface area contributed by atoms with Crippen LogP contribution in [0.2, 0.25) is 5.02 Å². The van der Waals surface area contributed by atoms with Gasteiger partial charge in [-0.3, -0.25) is 4.90 Å². The number of likely N-dealkylation sites (tertiary alicyclic amines) is 1. The third-order valence-electron chi connectivity index (χ3n) is 11.5. The highest BCUT2D eigenvalue weighted by Gasteiger charge is 2.51. The lowest BCUT2D eigenvalue weighted by Gasteiger charge is -2.56. The molecule has 0 bridgehead atoms. The summed E-state index contributed by atoms with van der Waals surface area (Å²) in [5.74, 6) is -1.02. The Morgan fingerprint density at radius 3 is 2.77 bits per heavy atom. The number of nitrogens with zero attached hydrogens (tertiary/aromatic N) is 9. The zero-order valence-corrected chi connectivity index (χ0v) is 30.3. The summed E-state index contributed by atoms with van der Waals surface area (Å²) >= 11 is 7.83. The van der Waals surface area contributed by atoms with Crippen molar-refractivity contribution in [2.24, 2.45) is 0 Å². The molecule has 9 rings (SSSR count). The Morgan fingerprint density at radius 2 is 2.02 bits per heavy atom. The second-order valence-corrected chi connectivity index (χ2v) is 16.1. The van der Waals surface area contributed by atoms with Gasteiger partial charge in [-0.05, 0) is 63.3 Å². The molecule has 0 saturated carbocycles. The fraction of sp³-hybridized carbons (Fsp3) is 0.444. The summed E-state index contributed by atoms with van der Waals surface area (Å²) in [7, 11) is 0. The average molecular weight is 763 g/mol.